The van der Waals surface area contributed by atoms with Crippen molar-refractivity contribution in [3.8, 4) is 0 Å². The van der Waals surface area contributed by atoms with E-state index in [1.807, 2.05) is 4.90 Å². The number of fused-ring (bicyclic) bond motifs is 1. The summed E-state index contributed by atoms with van der Waals surface area (Å²) < 4.78 is 57.7. The lowest BCUT2D eigenvalue weighted by molar-refractivity contribution is -0.132. The first-order valence-corrected chi connectivity index (χ1v) is 10.2. The van der Waals surface area contributed by atoms with Gasteiger partial charge in [0.25, 0.3) is 0 Å². The Hall–Kier alpha value is -2.16. The van der Waals surface area contributed by atoms with Crippen molar-refractivity contribution in [1.82, 2.24) is 14.5 Å². The van der Waals surface area contributed by atoms with Gasteiger partial charge in [0, 0.05) is 55.0 Å². The molecule has 0 bridgehead atoms. The molecule has 2 aliphatic rings. The molecule has 1 amide bonds. The lowest BCUT2D eigenvalue weighted by Gasteiger charge is -2.26. The van der Waals surface area contributed by atoms with Gasteiger partial charge in [-0.15, -0.1) is 0 Å². The van der Waals surface area contributed by atoms with Gasteiger partial charge in [-0.2, -0.15) is 0 Å². The van der Waals surface area contributed by atoms with Crippen molar-refractivity contribution in [2.24, 2.45) is 0 Å². The summed E-state index contributed by atoms with van der Waals surface area (Å²) >= 11 is 5.30. The number of H-pyrrole nitrogens is 1. The number of aromatic nitrogens is 2. The third-order valence-corrected chi connectivity index (χ3v) is 6.19. The van der Waals surface area contributed by atoms with Crippen LogP contribution in [0.4, 0.5) is 17.6 Å². The molecule has 29 heavy (non-hydrogen) atoms. The van der Waals surface area contributed by atoms with Gasteiger partial charge in [0.15, 0.2) is 28.0 Å². The highest BCUT2D eigenvalue weighted by Gasteiger charge is 2.33. The number of amides is 1. The number of imidazole rings is 1. The molecule has 0 aliphatic carbocycles. The first kappa shape index (κ1) is 20.1. The first-order chi connectivity index (χ1) is 13.9. The average Bonchev–Trinajstić information content (AvgIpc) is 3.26. The third kappa shape index (κ3) is 3.72. The molecule has 1 saturated heterocycles. The number of benzene rings is 1. The number of halogens is 4. The summed E-state index contributed by atoms with van der Waals surface area (Å²) in [6.45, 7) is 1.67. The van der Waals surface area contributed by atoms with Gasteiger partial charge in [0.2, 0.25) is 5.91 Å². The van der Waals surface area contributed by atoms with E-state index in [4.69, 9.17) is 12.2 Å². The van der Waals surface area contributed by atoms with Crippen LogP contribution >= 0.6 is 12.2 Å². The van der Waals surface area contributed by atoms with Gasteiger partial charge in [0.05, 0.1) is 0 Å². The molecule has 2 aliphatic heterocycles. The number of aromatic amines is 1. The highest BCUT2D eigenvalue weighted by Crippen LogP contribution is 2.36. The number of hydrogen-bond donors (Lipinski definition) is 1. The molecule has 2 aromatic rings. The van der Waals surface area contributed by atoms with E-state index >= 15 is 0 Å². The second-order valence-electron chi connectivity index (χ2n) is 7.69. The van der Waals surface area contributed by atoms with Gasteiger partial charge in [-0.05, 0) is 44.3 Å². The van der Waals surface area contributed by atoms with E-state index in [-0.39, 0.29) is 24.9 Å². The first-order valence-electron chi connectivity index (χ1n) is 9.78. The zero-order valence-electron chi connectivity index (χ0n) is 15.7. The maximum atomic E-state index is 14.2. The normalized spacial score (nSPS) is 18.9. The Labute approximate surface area is 170 Å². The molecule has 4 nitrogen and oxygen atoms in total. The molecule has 1 aromatic heterocycles. The van der Waals surface area contributed by atoms with Crippen LogP contribution in [-0.2, 0) is 24.2 Å². The Morgan fingerprint density at radius 1 is 1.10 bits per heavy atom. The number of nitrogens with zero attached hydrogens (tertiary/aromatic N) is 2. The van der Waals surface area contributed by atoms with Crippen molar-refractivity contribution in [2.75, 3.05) is 13.1 Å². The molecule has 9 heteroatoms. The Bertz CT molecular complexity index is 984. The highest BCUT2D eigenvalue weighted by atomic mass is 32.1. The monoisotopic (exact) mass is 427 g/mol. The predicted molar refractivity (Wildman–Crippen MR) is 101 cm³/mol. The molecule has 0 spiro atoms. The van der Waals surface area contributed by atoms with Crippen LogP contribution in [0.15, 0.2) is 6.07 Å². The fourth-order valence-corrected chi connectivity index (χ4v) is 4.69. The Morgan fingerprint density at radius 2 is 1.76 bits per heavy atom. The minimum Gasteiger partial charge on any atom is -0.343 e. The van der Waals surface area contributed by atoms with Gasteiger partial charge in [0.1, 0.15) is 0 Å². The van der Waals surface area contributed by atoms with Crippen molar-refractivity contribution in [3.05, 3.63) is 51.1 Å². The van der Waals surface area contributed by atoms with Crippen LogP contribution in [0.3, 0.4) is 0 Å². The molecule has 1 fully saturated rings. The molecule has 1 aromatic carbocycles. The third-order valence-electron chi connectivity index (χ3n) is 5.87. The SMILES string of the molecule is O=C(CCc1[nH]c(=S)n2c1CC(c1c(F)c(F)cc(F)c1F)C2)N1CCCCC1. The smallest absolute Gasteiger partial charge is 0.222 e. The number of rotatable bonds is 4. The summed E-state index contributed by atoms with van der Waals surface area (Å²) in [4.78, 5) is 17.4. The van der Waals surface area contributed by atoms with Crippen LogP contribution < -0.4 is 0 Å². The number of carbonyl (C=O) groups is 1. The van der Waals surface area contributed by atoms with E-state index in [9.17, 15) is 22.4 Å². The average molecular weight is 427 g/mol. The quantitative estimate of drug-likeness (QED) is 0.447. The van der Waals surface area contributed by atoms with Crippen molar-refractivity contribution in [3.63, 3.8) is 0 Å². The fraction of sp³-hybridized carbons (Fsp3) is 0.500. The standard InChI is InChI=1S/C20H21F4N3OS/c21-12-9-13(22)19(24)17(18(12)23)11-8-15-14(25-20(29)27(15)10-11)4-5-16(28)26-6-2-1-3-7-26/h9,11H,1-8,10H2,(H,25,29). The fourth-order valence-electron chi connectivity index (χ4n) is 4.38. The zero-order valence-corrected chi connectivity index (χ0v) is 16.6. The van der Waals surface area contributed by atoms with Crippen molar-refractivity contribution in [1.29, 1.82) is 0 Å². The van der Waals surface area contributed by atoms with Crippen LogP contribution in [0.25, 0.3) is 0 Å². The zero-order chi connectivity index (χ0) is 20.7. The maximum Gasteiger partial charge on any atom is 0.222 e. The summed E-state index contributed by atoms with van der Waals surface area (Å²) in [5.41, 5.74) is 0.881. The maximum absolute atomic E-state index is 14.2. The Kier molecular flexibility index (Phi) is 5.50. The van der Waals surface area contributed by atoms with E-state index in [1.165, 1.54) is 0 Å². The lowest BCUT2D eigenvalue weighted by atomic mass is 9.94. The van der Waals surface area contributed by atoms with Gasteiger partial charge < -0.3 is 14.5 Å². The topological polar surface area (TPSA) is 41.0 Å². The van der Waals surface area contributed by atoms with Crippen molar-refractivity contribution < 1.29 is 22.4 Å². The van der Waals surface area contributed by atoms with Gasteiger partial charge >= 0.3 is 0 Å². The van der Waals surface area contributed by atoms with Crippen LogP contribution in [0.5, 0.6) is 0 Å². The van der Waals surface area contributed by atoms with Crippen molar-refractivity contribution in [2.45, 2.75) is 51.0 Å². The molecule has 1 unspecified atom stereocenters. The van der Waals surface area contributed by atoms with E-state index < -0.39 is 34.8 Å². The largest absolute Gasteiger partial charge is 0.343 e. The summed E-state index contributed by atoms with van der Waals surface area (Å²) in [5, 5.41) is 0. The molecule has 0 radical (unpaired) electrons. The van der Waals surface area contributed by atoms with Crippen LogP contribution in [0, 0.1) is 28.0 Å². The van der Waals surface area contributed by atoms with E-state index in [0.717, 1.165) is 43.7 Å². The lowest BCUT2D eigenvalue weighted by Crippen LogP contribution is -2.35. The second kappa shape index (κ2) is 7.93. The molecule has 4 rings (SSSR count). The number of piperidine rings is 1. The van der Waals surface area contributed by atoms with Crippen LogP contribution in [-0.4, -0.2) is 33.4 Å². The van der Waals surface area contributed by atoms with E-state index in [0.29, 0.717) is 17.6 Å². The molecule has 156 valence electrons. The Morgan fingerprint density at radius 3 is 2.41 bits per heavy atom. The second-order valence-corrected chi connectivity index (χ2v) is 8.08. The summed E-state index contributed by atoms with van der Waals surface area (Å²) in [6.07, 6.45) is 4.09. The minimum atomic E-state index is -1.41. The summed E-state index contributed by atoms with van der Waals surface area (Å²) in [7, 11) is 0. The van der Waals surface area contributed by atoms with E-state index in [1.54, 1.807) is 4.57 Å². The number of aryl methyl sites for hydroxylation is 1. The minimum absolute atomic E-state index is 0.0720. The van der Waals surface area contributed by atoms with Crippen LogP contribution in [0.2, 0.25) is 0 Å². The number of hydrogen-bond acceptors (Lipinski definition) is 2. The van der Waals surface area contributed by atoms with E-state index in [2.05, 4.69) is 4.98 Å². The molecular weight excluding hydrogens is 406 g/mol. The predicted octanol–water partition coefficient (Wildman–Crippen LogP) is 4.39. The molecule has 1 N–H and O–H groups in total. The Balaban J connectivity index is 1.53. The van der Waals surface area contributed by atoms with Crippen molar-refractivity contribution >= 4 is 18.1 Å². The summed E-state index contributed by atoms with van der Waals surface area (Å²) in [5.74, 6) is -6.24. The van der Waals surface area contributed by atoms with Gasteiger partial charge in [-0.3, -0.25) is 4.79 Å². The molecular formula is C20H21F4N3OS. The van der Waals surface area contributed by atoms with Gasteiger partial charge in [-0.25, -0.2) is 17.6 Å². The van der Waals surface area contributed by atoms with Gasteiger partial charge in [-0.1, -0.05) is 0 Å². The molecule has 0 saturated carbocycles. The molecule has 3 heterocycles. The number of likely N-dealkylation sites (tertiary alicyclic amines) is 1. The summed E-state index contributed by atoms with van der Waals surface area (Å²) in [6, 6.07) is 0.216. The highest BCUT2D eigenvalue weighted by molar-refractivity contribution is 7.71. The van der Waals surface area contributed by atoms with Crippen LogP contribution in [0.1, 0.15) is 48.6 Å². The number of carbonyl (C=O) groups excluding carboxylic acids is 1. The number of nitrogens with one attached hydrogen (secondary N) is 1. The molecule has 1 atom stereocenters.